The van der Waals surface area contributed by atoms with Gasteiger partial charge in [0.1, 0.15) is 0 Å². The molecular formula is C15H22N2OS. The van der Waals surface area contributed by atoms with Crippen molar-refractivity contribution < 1.29 is 4.79 Å². The van der Waals surface area contributed by atoms with Crippen molar-refractivity contribution in [2.24, 2.45) is 5.92 Å². The molecular weight excluding hydrogens is 256 g/mol. The second kappa shape index (κ2) is 6.85. The Morgan fingerprint density at radius 1 is 1.42 bits per heavy atom. The van der Waals surface area contributed by atoms with E-state index in [9.17, 15) is 4.79 Å². The van der Waals surface area contributed by atoms with Crippen molar-refractivity contribution in [1.29, 1.82) is 0 Å². The molecule has 104 valence electrons. The number of anilines is 2. The van der Waals surface area contributed by atoms with Crippen LogP contribution < -0.4 is 11.1 Å². The van der Waals surface area contributed by atoms with E-state index in [0.29, 0.717) is 11.4 Å². The maximum absolute atomic E-state index is 12.1. The second-order valence-corrected chi connectivity index (χ2v) is 6.58. The highest BCUT2D eigenvalue weighted by molar-refractivity contribution is 8.00. The minimum absolute atomic E-state index is 0.0276. The van der Waals surface area contributed by atoms with Crippen LogP contribution in [0.25, 0.3) is 0 Å². The fourth-order valence-corrected chi connectivity index (χ4v) is 3.48. The topological polar surface area (TPSA) is 55.1 Å². The number of hydrogen-bond donors (Lipinski definition) is 2. The number of nitrogens with two attached hydrogens (primary N) is 1. The van der Waals surface area contributed by atoms with Crippen LogP contribution in [0.5, 0.6) is 0 Å². The monoisotopic (exact) mass is 278 g/mol. The number of benzene rings is 1. The van der Waals surface area contributed by atoms with E-state index in [2.05, 4.69) is 5.32 Å². The van der Waals surface area contributed by atoms with Gasteiger partial charge in [-0.1, -0.05) is 25.0 Å². The Kier molecular flexibility index (Phi) is 5.14. The van der Waals surface area contributed by atoms with Gasteiger partial charge in [-0.05, 0) is 43.6 Å². The molecule has 0 aliphatic heterocycles. The van der Waals surface area contributed by atoms with Crippen molar-refractivity contribution in [2.75, 3.05) is 16.8 Å². The van der Waals surface area contributed by atoms with Gasteiger partial charge in [-0.15, -0.1) is 11.8 Å². The molecule has 19 heavy (non-hydrogen) atoms. The highest BCUT2D eigenvalue weighted by Crippen LogP contribution is 2.29. The van der Waals surface area contributed by atoms with E-state index < -0.39 is 0 Å². The number of carbonyl (C=O) groups is 1. The molecule has 4 heteroatoms. The van der Waals surface area contributed by atoms with Crippen molar-refractivity contribution in [3.63, 3.8) is 0 Å². The van der Waals surface area contributed by atoms with Crippen molar-refractivity contribution >= 4 is 29.0 Å². The molecule has 1 saturated carbocycles. The highest BCUT2D eigenvalue weighted by atomic mass is 32.2. The summed E-state index contributed by atoms with van der Waals surface area (Å²) in [6, 6.07) is 7.37. The molecule has 0 bridgehead atoms. The van der Waals surface area contributed by atoms with Gasteiger partial charge in [0.15, 0.2) is 0 Å². The Balaban J connectivity index is 1.80. The van der Waals surface area contributed by atoms with Crippen LogP contribution in [-0.4, -0.2) is 16.9 Å². The van der Waals surface area contributed by atoms with Crippen LogP contribution in [0.4, 0.5) is 11.4 Å². The Morgan fingerprint density at radius 3 is 2.79 bits per heavy atom. The fourth-order valence-electron chi connectivity index (χ4n) is 2.38. The molecule has 1 aliphatic rings. The number of nitrogen functional groups attached to an aromatic ring is 1. The van der Waals surface area contributed by atoms with Crippen LogP contribution in [-0.2, 0) is 4.79 Å². The van der Waals surface area contributed by atoms with Gasteiger partial charge in [0.2, 0.25) is 5.91 Å². The van der Waals surface area contributed by atoms with Gasteiger partial charge in [0, 0.05) is 0 Å². The van der Waals surface area contributed by atoms with Crippen molar-refractivity contribution in [2.45, 2.75) is 37.9 Å². The molecule has 1 aromatic rings. The molecule has 1 aromatic carbocycles. The molecule has 0 spiro atoms. The Hall–Kier alpha value is -1.16. The molecule has 3 nitrogen and oxygen atoms in total. The third-order valence-electron chi connectivity index (χ3n) is 3.64. The molecule has 0 heterocycles. The second-order valence-electron chi connectivity index (χ2n) is 5.20. The van der Waals surface area contributed by atoms with E-state index in [-0.39, 0.29) is 11.2 Å². The largest absolute Gasteiger partial charge is 0.397 e. The zero-order chi connectivity index (χ0) is 13.7. The summed E-state index contributed by atoms with van der Waals surface area (Å²) < 4.78 is 0. The Bertz CT molecular complexity index is 430. The molecule has 0 saturated heterocycles. The summed E-state index contributed by atoms with van der Waals surface area (Å²) in [5.41, 5.74) is 7.14. The maximum Gasteiger partial charge on any atom is 0.237 e. The van der Waals surface area contributed by atoms with Crippen LogP contribution in [0.3, 0.4) is 0 Å². The fraction of sp³-hybridized carbons (Fsp3) is 0.533. The number of rotatable bonds is 5. The SMILES string of the molecule is CC(SCC1CCCC1)C(=O)Nc1ccccc1N. The molecule has 1 atom stereocenters. The lowest BCUT2D eigenvalue weighted by atomic mass is 10.1. The standard InChI is InChI=1S/C15H22N2OS/c1-11(19-10-12-6-2-3-7-12)15(18)17-14-9-5-4-8-13(14)16/h4-5,8-9,11-12H,2-3,6-7,10,16H2,1H3,(H,17,18). The molecule has 1 aliphatic carbocycles. The summed E-state index contributed by atoms with van der Waals surface area (Å²) in [5, 5.41) is 2.87. The first-order valence-corrected chi connectivity index (χ1v) is 7.98. The van der Waals surface area contributed by atoms with Crippen LogP contribution in [0.2, 0.25) is 0 Å². The summed E-state index contributed by atoms with van der Waals surface area (Å²) in [6.45, 7) is 1.97. The summed E-state index contributed by atoms with van der Waals surface area (Å²) in [6.07, 6.45) is 5.36. The minimum atomic E-state index is -0.0276. The molecule has 0 radical (unpaired) electrons. The first-order valence-electron chi connectivity index (χ1n) is 6.94. The minimum Gasteiger partial charge on any atom is -0.397 e. The van der Waals surface area contributed by atoms with E-state index in [0.717, 1.165) is 11.7 Å². The molecule has 1 amide bonds. The van der Waals surface area contributed by atoms with Gasteiger partial charge in [-0.2, -0.15) is 0 Å². The average Bonchev–Trinajstić information content (AvgIpc) is 2.91. The van der Waals surface area contributed by atoms with E-state index in [4.69, 9.17) is 5.73 Å². The Labute approximate surface area is 119 Å². The van der Waals surface area contributed by atoms with Crippen LogP contribution in [0, 0.1) is 5.92 Å². The van der Waals surface area contributed by atoms with Gasteiger partial charge in [-0.25, -0.2) is 0 Å². The predicted octanol–water partition coefficient (Wildman–Crippen LogP) is 3.52. The zero-order valence-electron chi connectivity index (χ0n) is 11.4. The lowest BCUT2D eigenvalue weighted by molar-refractivity contribution is -0.115. The lowest BCUT2D eigenvalue weighted by Crippen LogP contribution is -2.24. The number of para-hydroxylation sites is 2. The van der Waals surface area contributed by atoms with Crippen molar-refractivity contribution in [1.82, 2.24) is 0 Å². The zero-order valence-corrected chi connectivity index (χ0v) is 12.2. The van der Waals surface area contributed by atoms with Crippen molar-refractivity contribution in [3.05, 3.63) is 24.3 Å². The van der Waals surface area contributed by atoms with E-state index in [1.807, 2.05) is 25.1 Å². The maximum atomic E-state index is 12.1. The predicted molar refractivity (Wildman–Crippen MR) is 83.4 cm³/mol. The van der Waals surface area contributed by atoms with Crippen LogP contribution in [0.15, 0.2) is 24.3 Å². The first-order chi connectivity index (χ1) is 9.16. The highest BCUT2D eigenvalue weighted by Gasteiger charge is 2.19. The molecule has 2 rings (SSSR count). The normalized spacial score (nSPS) is 17.3. The number of hydrogen-bond acceptors (Lipinski definition) is 3. The van der Waals surface area contributed by atoms with E-state index >= 15 is 0 Å². The quantitative estimate of drug-likeness (QED) is 0.810. The average molecular weight is 278 g/mol. The third kappa shape index (κ3) is 4.16. The van der Waals surface area contributed by atoms with Crippen LogP contribution in [0.1, 0.15) is 32.6 Å². The summed E-state index contributed by atoms with van der Waals surface area (Å²) in [7, 11) is 0. The van der Waals surface area contributed by atoms with Gasteiger partial charge in [0.05, 0.1) is 16.6 Å². The van der Waals surface area contributed by atoms with Gasteiger partial charge in [0.25, 0.3) is 0 Å². The van der Waals surface area contributed by atoms with Crippen LogP contribution >= 0.6 is 11.8 Å². The van der Waals surface area contributed by atoms with Gasteiger partial charge >= 0.3 is 0 Å². The van der Waals surface area contributed by atoms with Gasteiger partial charge < -0.3 is 11.1 Å². The lowest BCUT2D eigenvalue weighted by Gasteiger charge is -2.15. The Morgan fingerprint density at radius 2 is 2.11 bits per heavy atom. The smallest absolute Gasteiger partial charge is 0.237 e. The third-order valence-corrected chi connectivity index (χ3v) is 5.02. The number of carbonyl (C=O) groups excluding carboxylic acids is 1. The summed E-state index contributed by atoms with van der Waals surface area (Å²) >= 11 is 1.75. The molecule has 0 aromatic heterocycles. The van der Waals surface area contributed by atoms with E-state index in [1.54, 1.807) is 17.8 Å². The van der Waals surface area contributed by atoms with E-state index in [1.165, 1.54) is 25.7 Å². The first kappa shape index (κ1) is 14.3. The number of amides is 1. The molecule has 3 N–H and O–H groups in total. The van der Waals surface area contributed by atoms with Crippen molar-refractivity contribution in [3.8, 4) is 0 Å². The summed E-state index contributed by atoms with van der Waals surface area (Å²) in [5.74, 6) is 1.95. The molecule has 1 unspecified atom stereocenters. The number of thioether (sulfide) groups is 1. The number of nitrogens with one attached hydrogen (secondary N) is 1. The van der Waals surface area contributed by atoms with Gasteiger partial charge in [-0.3, -0.25) is 4.79 Å². The molecule has 1 fully saturated rings. The summed E-state index contributed by atoms with van der Waals surface area (Å²) in [4.78, 5) is 12.1.